The van der Waals surface area contributed by atoms with Crippen LogP contribution in [0.2, 0.25) is 0 Å². The first-order valence-electron chi connectivity index (χ1n) is 2.34. The Hall–Kier alpha value is 0.290. The molecule has 0 aliphatic heterocycles. The van der Waals surface area contributed by atoms with Gasteiger partial charge in [-0.25, -0.2) is 9.97 Å². The molecule has 0 spiro atoms. The van der Waals surface area contributed by atoms with Crippen LogP contribution in [-0.4, -0.2) is 9.97 Å². The van der Waals surface area contributed by atoms with Crippen molar-refractivity contribution in [1.29, 1.82) is 0 Å². The number of aromatic nitrogens is 2. The molecule has 0 bridgehead atoms. The highest BCUT2D eigenvalue weighted by molar-refractivity contribution is 14.1. The summed E-state index contributed by atoms with van der Waals surface area (Å²) in [4.78, 5) is 7.93. The molecule has 0 amide bonds. The van der Waals surface area contributed by atoms with Crippen molar-refractivity contribution >= 4 is 38.5 Å². The summed E-state index contributed by atoms with van der Waals surface area (Å²) in [5.74, 6) is 0. The zero-order chi connectivity index (χ0) is 6.85. The Morgan fingerprint density at radius 3 is 2.67 bits per heavy atom. The lowest BCUT2D eigenvalue weighted by molar-refractivity contribution is 1.06. The van der Waals surface area contributed by atoms with Crippen molar-refractivity contribution in [2.24, 2.45) is 0 Å². The normalized spacial score (nSPS) is 9.67. The van der Waals surface area contributed by atoms with E-state index in [-0.39, 0.29) is 0 Å². The van der Waals surface area contributed by atoms with Crippen LogP contribution in [0.4, 0.5) is 0 Å². The molecule has 1 aromatic heterocycles. The second-order valence-corrected chi connectivity index (χ2v) is 3.39. The molecule has 0 radical (unpaired) electrons. The number of halogens is 2. The maximum absolute atomic E-state index is 3.99. The van der Waals surface area contributed by atoms with Crippen LogP contribution >= 0.6 is 38.5 Å². The van der Waals surface area contributed by atoms with E-state index in [1.807, 2.05) is 6.92 Å². The molecule has 2 nitrogen and oxygen atoms in total. The van der Waals surface area contributed by atoms with Gasteiger partial charge in [0.2, 0.25) is 0 Å². The Morgan fingerprint density at radius 1 is 1.56 bits per heavy atom. The van der Waals surface area contributed by atoms with E-state index in [1.54, 1.807) is 6.33 Å². The third-order valence-electron chi connectivity index (χ3n) is 0.921. The number of rotatable bonds is 0. The lowest BCUT2D eigenvalue weighted by atomic mass is 10.5. The van der Waals surface area contributed by atoms with Crippen LogP contribution in [0, 0.1) is 10.5 Å². The summed E-state index contributed by atoms with van der Waals surface area (Å²) in [6.45, 7) is 1.95. The van der Waals surface area contributed by atoms with Gasteiger partial charge in [-0.05, 0) is 45.4 Å². The van der Waals surface area contributed by atoms with E-state index >= 15 is 0 Å². The Kier molecular flexibility index (Phi) is 2.40. The van der Waals surface area contributed by atoms with E-state index in [0.29, 0.717) is 0 Å². The molecule has 0 unspecified atom stereocenters. The summed E-state index contributed by atoms with van der Waals surface area (Å²) in [5, 5.41) is 0. The molecule has 0 saturated heterocycles. The van der Waals surface area contributed by atoms with E-state index in [9.17, 15) is 0 Å². The molecule has 0 aromatic carbocycles. The zero-order valence-corrected chi connectivity index (χ0v) is 8.47. The number of nitrogens with zero attached hydrogens (tertiary/aromatic N) is 2. The fourth-order valence-corrected chi connectivity index (χ4v) is 1.09. The molecule has 0 fully saturated rings. The zero-order valence-electron chi connectivity index (χ0n) is 4.73. The van der Waals surface area contributed by atoms with Crippen molar-refractivity contribution in [3.8, 4) is 0 Å². The van der Waals surface area contributed by atoms with Crippen LogP contribution in [0.15, 0.2) is 10.9 Å². The highest BCUT2D eigenvalue weighted by Crippen LogP contribution is 2.16. The lowest BCUT2D eigenvalue weighted by Crippen LogP contribution is -1.88. The fraction of sp³-hybridized carbons (Fsp3) is 0.200. The van der Waals surface area contributed by atoms with Gasteiger partial charge in [0.15, 0.2) is 0 Å². The summed E-state index contributed by atoms with van der Waals surface area (Å²) in [5.41, 5.74) is 1.01. The van der Waals surface area contributed by atoms with Crippen molar-refractivity contribution in [3.05, 3.63) is 20.2 Å². The van der Waals surface area contributed by atoms with Gasteiger partial charge >= 0.3 is 0 Å². The first-order valence-corrected chi connectivity index (χ1v) is 4.21. The fourth-order valence-electron chi connectivity index (χ4n) is 0.429. The molecule has 0 aliphatic carbocycles. The predicted octanol–water partition coefficient (Wildman–Crippen LogP) is 2.15. The van der Waals surface area contributed by atoms with Gasteiger partial charge in [0, 0.05) is 0 Å². The Bertz CT molecular complexity index is 206. The van der Waals surface area contributed by atoms with Crippen LogP contribution in [0.5, 0.6) is 0 Å². The molecular weight excluding hydrogens is 295 g/mol. The summed E-state index contributed by atoms with van der Waals surface area (Å²) in [6.07, 6.45) is 1.54. The van der Waals surface area contributed by atoms with Gasteiger partial charge in [0.1, 0.15) is 10.9 Å². The monoisotopic (exact) mass is 298 g/mol. The van der Waals surface area contributed by atoms with E-state index in [0.717, 1.165) is 13.9 Å². The van der Waals surface area contributed by atoms with Crippen molar-refractivity contribution in [3.63, 3.8) is 0 Å². The van der Waals surface area contributed by atoms with Crippen molar-refractivity contribution < 1.29 is 0 Å². The highest BCUT2D eigenvalue weighted by Gasteiger charge is 1.98. The molecule has 4 heteroatoms. The quantitative estimate of drug-likeness (QED) is 0.542. The first kappa shape index (κ1) is 7.40. The number of hydrogen-bond acceptors (Lipinski definition) is 2. The number of hydrogen-bond donors (Lipinski definition) is 0. The Morgan fingerprint density at radius 2 is 2.22 bits per heavy atom. The molecular formula is C5H4BrIN2. The summed E-state index contributed by atoms with van der Waals surface area (Å²) in [6, 6.07) is 0. The highest BCUT2D eigenvalue weighted by atomic mass is 127. The molecule has 0 atom stereocenters. The second-order valence-electron chi connectivity index (χ2n) is 1.56. The van der Waals surface area contributed by atoms with Crippen LogP contribution in [0.1, 0.15) is 5.69 Å². The van der Waals surface area contributed by atoms with Crippen LogP contribution in [0.25, 0.3) is 0 Å². The SMILES string of the molecule is Cc1ncnc(Br)c1I. The van der Waals surface area contributed by atoms with E-state index < -0.39 is 0 Å². The molecule has 0 N–H and O–H groups in total. The van der Waals surface area contributed by atoms with Crippen LogP contribution < -0.4 is 0 Å². The van der Waals surface area contributed by atoms with Gasteiger partial charge in [0.25, 0.3) is 0 Å². The minimum absolute atomic E-state index is 0.871. The van der Waals surface area contributed by atoms with Crippen molar-refractivity contribution in [2.45, 2.75) is 6.92 Å². The molecule has 9 heavy (non-hydrogen) atoms. The second kappa shape index (κ2) is 2.92. The Balaban J connectivity index is 3.25. The Labute approximate surface area is 75.4 Å². The predicted molar refractivity (Wildman–Crippen MR) is 47.2 cm³/mol. The van der Waals surface area contributed by atoms with Crippen molar-refractivity contribution in [1.82, 2.24) is 9.97 Å². The maximum atomic E-state index is 3.99. The van der Waals surface area contributed by atoms with Gasteiger partial charge < -0.3 is 0 Å². The summed E-state index contributed by atoms with van der Waals surface area (Å²) >= 11 is 5.48. The topological polar surface area (TPSA) is 25.8 Å². The van der Waals surface area contributed by atoms with Gasteiger partial charge in [-0.3, -0.25) is 0 Å². The molecule has 1 heterocycles. The van der Waals surface area contributed by atoms with E-state index in [2.05, 4.69) is 48.5 Å². The van der Waals surface area contributed by atoms with Crippen LogP contribution in [0.3, 0.4) is 0 Å². The molecule has 48 valence electrons. The van der Waals surface area contributed by atoms with E-state index in [1.165, 1.54) is 0 Å². The molecule has 1 rings (SSSR count). The van der Waals surface area contributed by atoms with Gasteiger partial charge in [-0.1, -0.05) is 0 Å². The average Bonchev–Trinajstić information content (AvgIpc) is 1.83. The average molecular weight is 299 g/mol. The molecule has 0 aliphatic rings. The summed E-state index contributed by atoms with van der Waals surface area (Å²) in [7, 11) is 0. The molecule has 1 aromatic rings. The van der Waals surface area contributed by atoms with Crippen LogP contribution in [-0.2, 0) is 0 Å². The molecule has 0 saturated carbocycles. The summed E-state index contributed by atoms with van der Waals surface area (Å²) < 4.78 is 1.95. The standard InChI is InChI=1S/C5H4BrIN2/c1-3-4(7)5(6)9-2-8-3/h2H,1H3. The number of aryl methyl sites for hydroxylation is 1. The van der Waals surface area contributed by atoms with Gasteiger partial charge in [0.05, 0.1) is 9.26 Å². The largest absolute Gasteiger partial charge is 0.241 e. The van der Waals surface area contributed by atoms with Gasteiger partial charge in [-0.15, -0.1) is 0 Å². The minimum Gasteiger partial charge on any atom is -0.241 e. The third-order valence-corrected chi connectivity index (χ3v) is 3.56. The van der Waals surface area contributed by atoms with E-state index in [4.69, 9.17) is 0 Å². The minimum atomic E-state index is 0.871. The lowest BCUT2D eigenvalue weighted by Gasteiger charge is -1.95. The first-order chi connectivity index (χ1) is 4.22. The third kappa shape index (κ3) is 1.61. The maximum Gasteiger partial charge on any atom is 0.123 e. The van der Waals surface area contributed by atoms with Crippen molar-refractivity contribution in [2.75, 3.05) is 0 Å². The van der Waals surface area contributed by atoms with Gasteiger partial charge in [-0.2, -0.15) is 0 Å². The smallest absolute Gasteiger partial charge is 0.123 e.